The van der Waals surface area contributed by atoms with Gasteiger partial charge in [-0.3, -0.25) is 4.79 Å². The summed E-state index contributed by atoms with van der Waals surface area (Å²) in [6, 6.07) is 3.83. The highest BCUT2D eigenvalue weighted by atomic mass is 16.5. The first-order valence-electron chi connectivity index (χ1n) is 5.53. The van der Waals surface area contributed by atoms with E-state index in [1.807, 2.05) is 26.0 Å². The minimum Gasteiger partial charge on any atom is -0.368 e. The third-order valence-electron chi connectivity index (χ3n) is 2.57. The Hall–Kier alpha value is -1.42. The van der Waals surface area contributed by atoms with Crippen LogP contribution in [0.5, 0.6) is 0 Å². The van der Waals surface area contributed by atoms with Crippen molar-refractivity contribution in [3.8, 4) is 0 Å². The van der Waals surface area contributed by atoms with E-state index < -0.39 is 0 Å². The maximum absolute atomic E-state index is 11.8. The van der Waals surface area contributed by atoms with Crippen molar-refractivity contribution in [3.63, 3.8) is 0 Å². The Balaban J connectivity index is 2.05. The van der Waals surface area contributed by atoms with Gasteiger partial charge in [0.1, 0.15) is 11.9 Å². The van der Waals surface area contributed by atoms with Gasteiger partial charge in [0.25, 0.3) is 5.91 Å². The van der Waals surface area contributed by atoms with Gasteiger partial charge in [-0.2, -0.15) is 0 Å². The molecule has 0 radical (unpaired) electrons. The minimum absolute atomic E-state index is 0.0880. The van der Waals surface area contributed by atoms with Gasteiger partial charge in [0.2, 0.25) is 0 Å². The lowest BCUT2D eigenvalue weighted by molar-refractivity contribution is -0.124. The third-order valence-corrected chi connectivity index (χ3v) is 2.57. The minimum atomic E-state index is -0.303. The number of carbonyl (C=O) groups is 1. The van der Waals surface area contributed by atoms with Crippen molar-refractivity contribution in [2.45, 2.75) is 32.8 Å². The zero-order valence-electron chi connectivity index (χ0n) is 9.62. The number of nitrogens with zero attached hydrogens (tertiary/aromatic N) is 1. The molecule has 4 heteroatoms. The predicted octanol–water partition coefficient (Wildman–Crippen LogP) is 1.82. The molecule has 1 N–H and O–H groups in total. The summed E-state index contributed by atoms with van der Waals surface area (Å²) in [5, 5.41) is 2.79. The Morgan fingerprint density at radius 2 is 2.31 bits per heavy atom. The first kappa shape index (κ1) is 11.1. The number of amides is 1. The molecule has 2 heterocycles. The summed E-state index contributed by atoms with van der Waals surface area (Å²) in [6.45, 7) is 4.57. The van der Waals surface area contributed by atoms with Crippen LogP contribution in [0.15, 0.2) is 12.1 Å². The number of nitrogens with one attached hydrogen (secondary N) is 1. The Morgan fingerprint density at radius 3 is 2.94 bits per heavy atom. The number of pyridine rings is 1. The fourth-order valence-electron chi connectivity index (χ4n) is 1.90. The van der Waals surface area contributed by atoms with E-state index >= 15 is 0 Å². The normalized spacial score (nSPS) is 19.8. The topological polar surface area (TPSA) is 51.2 Å². The predicted molar refractivity (Wildman–Crippen MR) is 61.3 cm³/mol. The van der Waals surface area contributed by atoms with Crippen LogP contribution in [0.25, 0.3) is 0 Å². The number of anilines is 1. The molecular formula is C12H16N2O2. The molecule has 4 nitrogen and oxygen atoms in total. The van der Waals surface area contributed by atoms with Gasteiger partial charge in [-0.1, -0.05) is 0 Å². The van der Waals surface area contributed by atoms with Gasteiger partial charge < -0.3 is 10.1 Å². The highest BCUT2D eigenvalue weighted by Crippen LogP contribution is 2.15. The van der Waals surface area contributed by atoms with Crippen LogP contribution in [0, 0.1) is 13.8 Å². The molecule has 1 fully saturated rings. The van der Waals surface area contributed by atoms with Crippen molar-refractivity contribution in [2.24, 2.45) is 0 Å². The van der Waals surface area contributed by atoms with Crippen molar-refractivity contribution < 1.29 is 9.53 Å². The van der Waals surface area contributed by atoms with E-state index in [4.69, 9.17) is 4.74 Å². The van der Waals surface area contributed by atoms with E-state index in [0.29, 0.717) is 12.4 Å². The summed E-state index contributed by atoms with van der Waals surface area (Å²) in [5.74, 6) is 0.521. The number of ether oxygens (including phenoxy) is 1. The molecule has 1 aromatic heterocycles. The zero-order valence-corrected chi connectivity index (χ0v) is 9.62. The van der Waals surface area contributed by atoms with Crippen molar-refractivity contribution in [3.05, 3.63) is 23.4 Å². The Labute approximate surface area is 95.0 Å². The number of aromatic nitrogens is 1. The standard InChI is InChI=1S/C12H16N2O2/c1-8-6-9(2)13-11(7-8)14-12(15)10-4-3-5-16-10/h6-7,10H,3-5H2,1-2H3,(H,13,14,15)/t10-/m0/s1. The molecule has 1 aromatic rings. The quantitative estimate of drug-likeness (QED) is 0.827. The number of aryl methyl sites for hydroxylation is 2. The van der Waals surface area contributed by atoms with E-state index in [2.05, 4.69) is 10.3 Å². The second-order valence-electron chi connectivity index (χ2n) is 4.16. The van der Waals surface area contributed by atoms with Crippen LogP contribution >= 0.6 is 0 Å². The molecule has 1 aliphatic rings. The summed E-state index contributed by atoms with van der Waals surface area (Å²) in [4.78, 5) is 16.0. The molecule has 0 saturated carbocycles. The van der Waals surface area contributed by atoms with Gasteiger partial charge in [-0.05, 0) is 44.4 Å². The van der Waals surface area contributed by atoms with Crippen LogP contribution in [0.2, 0.25) is 0 Å². The van der Waals surface area contributed by atoms with Gasteiger partial charge in [0.15, 0.2) is 0 Å². The zero-order chi connectivity index (χ0) is 11.5. The highest BCUT2D eigenvalue weighted by Gasteiger charge is 2.23. The van der Waals surface area contributed by atoms with Crippen molar-refractivity contribution in [1.82, 2.24) is 4.98 Å². The van der Waals surface area contributed by atoms with E-state index in [-0.39, 0.29) is 12.0 Å². The lowest BCUT2D eigenvalue weighted by Gasteiger charge is -2.10. The highest BCUT2D eigenvalue weighted by molar-refractivity contribution is 5.93. The van der Waals surface area contributed by atoms with E-state index in [1.165, 1.54) is 0 Å². The van der Waals surface area contributed by atoms with Crippen molar-refractivity contribution >= 4 is 11.7 Å². The van der Waals surface area contributed by atoms with Crippen LogP contribution in [0.3, 0.4) is 0 Å². The lowest BCUT2D eigenvalue weighted by Crippen LogP contribution is -2.27. The monoisotopic (exact) mass is 220 g/mol. The van der Waals surface area contributed by atoms with Gasteiger partial charge in [0, 0.05) is 12.3 Å². The molecule has 0 aliphatic carbocycles. The number of carbonyl (C=O) groups excluding carboxylic acids is 1. The summed E-state index contributed by atoms with van der Waals surface area (Å²) in [5.41, 5.74) is 2.00. The maximum atomic E-state index is 11.8. The summed E-state index contributed by atoms with van der Waals surface area (Å²) < 4.78 is 5.31. The molecule has 1 aliphatic heterocycles. The third kappa shape index (κ3) is 2.58. The molecule has 0 unspecified atom stereocenters. The van der Waals surface area contributed by atoms with Crippen LogP contribution in [-0.2, 0) is 9.53 Å². The first-order chi connectivity index (χ1) is 7.65. The van der Waals surface area contributed by atoms with E-state index in [0.717, 1.165) is 24.1 Å². The summed E-state index contributed by atoms with van der Waals surface area (Å²) in [6.07, 6.45) is 1.46. The molecular weight excluding hydrogens is 204 g/mol. The SMILES string of the molecule is Cc1cc(C)nc(NC(=O)[C@@H]2CCCO2)c1. The molecule has 1 atom stereocenters. The molecule has 0 bridgehead atoms. The van der Waals surface area contributed by atoms with Gasteiger partial charge in [-0.15, -0.1) is 0 Å². The number of hydrogen-bond donors (Lipinski definition) is 1. The molecule has 0 spiro atoms. The van der Waals surface area contributed by atoms with Crippen molar-refractivity contribution in [1.29, 1.82) is 0 Å². The largest absolute Gasteiger partial charge is 0.368 e. The van der Waals surface area contributed by atoms with E-state index in [1.54, 1.807) is 0 Å². The maximum Gasteiger partial charge on any atom is 0.254 e. The Bertz CT molecular complexity index is 378. The van der Waals surface area contributed by atoms with Crippen molar-refractivity contribution in [2.75, 3.05) is 11.9 Å². The second-order valence-corrected chi connectivity index (χ2v) is 4.16. The van der Waals surface area contributed by atoms with Crippen LogP contribution in [0.1, 0.15) is 24.1 Å². The summed E-state index contributed by atoms with van der Waals surface area (Å²) >= 11 is 0. The molecule has 16 heavy (non-hydrogen) atoms. The molecule has 1 saturated heterocycles. The lowest BCUT2D eigenvalue weighted by atomic mass is 10.2. The van der Waals surface area contributed by atoms with Crippen LogP contribution < -0.4 is 5.32 Å². The average molecular weight is 220 g/mol. The fourth-order valence-corrected chi connectivity index (χ4v) is 1.90. The Morgan fingerprint density at radius 1 is 1.50 bits per heavy atom. The second kappa shape index (κ2) is 4.61. The first-order valence-corrected chi connectivity index (χ1v) is 5.53. The van der Waals surface area contributed by atoms with Gasteiger partial charge in [-0.25, -0.2) is 4.98 Å². The fraction of sp³-hybridized carbons (Fsp3) is 0.500. The number of rotatable bonds is 2. The summed E-state index contributed by atoms with van der Waals surface area (Å²) in [7, 11) is 0. The Kier molecular flexibility index (Phi) is 3.19. The molecule has 0 aromatic carbocycles. The van der Waals surface area contributed by atoms with Crippen LogP contribution in [0.4, 0.5) is 5.82 Å². The number of hydrogen-bond acceptors (Lipinski definition) is 3. The van der Waals surface area contributed by atoms with Crippen LogP contribution in [-0.4, -0.2) is 23.6 Å². The van der Waals surface area contributed by atoms with E-state index in [9.17, 15) is 4.79 Å². The van der Waals surface area contributed by atoms with Gasteiger partial charge >= 0.3 is 0 Å². The average Bonchev–Trinajstić information content (AvgIpc) is 2.68. The smallest absolute Gasteiger partial charge is 0.254 e. The molecule has 86 valence electrons. The molecule has 1 amide bonds. The molecule has 2 rings (SSSR count). The van der Waals surface area contributed by atoms with Gasteiger partial charge in [0.05, 0.1) is 0 Å².